The van der Waals surface area contributed by atoms with Crippen molar-refractivity contribution < 1.29 is 5.11 Å². The zero-order chi connectivity index (χ0) is 10.7. The van der Waals surface area contributed by atoms with E-state index in [2.05, 4.69) is 20.9 Å². The third-order valence-corrected chi connectivity index (χ3v) is 2.63. The Morgan fingerprint density at radius 2 is 2.00 bits per heavy atom. The summed E-state index contributed by atoms with van der Waals surface area (Å²) in [5, 5.41) is 10.0. The minimum atomic E-state index is -0.663. The molecule has 1 unspecified atom stereocenters. The van der Waals surface area contributed by atoms with E-state index in [9.17, 15) is 5.11 Å². The minimum Gasteiger partial charge on any atom is -0.382 e. The van der Waals surface area contributed by atoms with E-state index >= 15 is 0 Å². The highest BCUT2D eigenvalue weighted by molar-refractivity contribution is 9.10. The van der Waals surface area contributed by atoms with Crippen molar-refractivity contribution in [2.24, 2.45) is 0 Å². The molecule has 2 nitrogen and oxygen atoms in total. The Labute approximate surface area is 96.7 Å². The number of halogens is 1. The second kappa shape index (κ2) is 4.55. The molecule has 1 heterocycles. The maximum atomic E-state index is 10.0. The summed E-state index contributed by atoms with van der Waals surface area (Å²) in [7, 11) is 0. The second-order valence-electron chi connectivity index (χ2n) is 3.21. The second-order valence-corrected chi connectivity index (χ2v) is 4.13. The summed E-state index contributed by atoms with van der Waals surface area (Å²) >= 11 is 3.37. The molecule has 0 amide bonds. The highest BCUT2D eigenvalue weighted by Gasteiger charge is 2.10. The molecule has 0 radical (unpaired) electrons. The molecule has 1 atom stereocenters. The van der Waals surface area contributed by atoms with Crippen LogP contribution in [0, 0.1) is 0 Å². The molecular formula is C12H10BrNO. The fourth-order valence-electron chi connectivity index (χ4n) is 1.39. The average molecular weight is 264 g/mol. The lowest BCUT2D eigenvalue weighted by Crippen LogP contribution is -2.01. The molecule has 2 aromatic rings. The minimum absolute atomic E-state index is 0.663. The zero-order valence-corrected chi connectivity index (χ0v) is 9.55. The van der Waals surface area contributed by atoms with E-state index in [1.807, 2.05) is 42.5 Å². The van der Waals surface area contributed by atoms with Crippen molar-refractivity contribution in [2.75, 3.05) is 0 Å². The van der Waals surface area contributed by atoms with Crippen LogP contribution in [-0.2, 0) is 0 Å². The predicted molar refractivity (Wildman–Crippen MR) is 62.4 cm³/mol. The van der Waals surface area contributed by atoms with Gasteiger partial charge in [-0.3, -0.25) is 4.98 Å². The van der Waals surface area contributed by atoms with Crippen LogP contribution in [0.5, 0.6) is 0 Å². The largest absolute Gasteiger partial charge is 0.382 e. The van der Waals surface area contributed by atoms with Gasteiger partial charge in [-0.1, -0.05) is 34.1 Å². The van der Waals surface area contributed by atoms with E-state index in [0.717, 1.165) is 10.0 Å². The number of aromatic nitrogens is 1. The van der Waals surface area contributed by atoms with Gasteiger partial charge in [0.25, 0.3) is 0 Å². The fourth-order valence-corrected chi connectivity index (χ4v) is 1.80. The number of rotatable bonds is 2. The fraction of sp³-hybridized carbons (Fsp3) is 0.0833. The number of hydrogen-bond donors (Lipinski definition) is 1. The van der Waals surface area contributed by atoms with Gasteiger partial charge in [0.2, 0.25) is 0 Å². The van der Waals surface area contributed by atoms with E-state index < -0.39 is 6.10 Å². The number of nitrogens with zero attached hydrogens (tertiary/aromatic N) is 1. The monoisotopic (exact) mass is 263 g/mol. The maximum absolute atomic E-state index is 10.0. The van der Waals surface area contributed by atoms with Crippen molar-refractivity contribution in [3.8, 4) is 0 Å². The summed E-state index contributed by atoms with van der Waals surface area (Å²) in [6.07, 6.45) is 1.01. The molecule has 0 fully saturated rings. The molecule has 76 valence electrons. The standard InChI is InChI=1S/C12H10BrNO/c13-10-5-3-4-9(8-10)12(15)11-6-1-2-7-14-11/h1-8,12,15H. The van der Waals surface area contributed by atoms with Crippen molar-refractivity contribution in [3.05, 3.63) is 64.4 Å². The van der Waals surface area contributed by atoms with Gasteiger partial charge in [0, 0.05) is 10.7 Å². The lowest BCUT2D eigenvalue weighted by Gasteiger charge is -2.10. The maximum Gasteiger partial charge on any atom is 0.121 e. The van der Waals surface area contributed by atoms with Gasteiger partial charge in [-0.25, -0.2) is 0 Å². The van der Waals surface area contributed by atoms with Gasteiger partial charge < -0.3 is 5.11 Å². The number of pyridine rings is 1. The quantitative estimate of drug-likeness (QED) is 0.904. The van der Waals surface area contributed by atoms with Crippen LogP contribution < -0.4 is 0 Å². The van der Waals surface area contributed by atoms with Crippen molar-refractivity contribution in [3.63, 3.8) is 0 Å². The SMILES string of the molecule is OC(c1cccc(Br)c1)c1ccccn1. The molecule has 1 aromatic heterocycles. The average Bonchev–Trinajstić information content (AvgIpc) is 2.29. The number of hydrogen-bond acceptors (Lipinski definition) is 2. The third-order valence-electron chi connectivity index (χ3n) is 2.13. The summed E-state index contributed by atoms with van der Waals surface area (Å²) in [6, 6.07) is 13.1. The lowest BCUT2D eigenvalue weighted by molar-refractivity contribution is 0.215. The zero-order valence-electron chi connectivity index (χ0n) is 7.97. The van der Waals surface area contributed by atoms with Gasteiger partial charge in [0.05, 0.1) is 5.69 Å². The Kier molecular flexibility index (Phi) is 3.14. The van der Waals surface area contributed by atoms with E-state index in [1.165, 1.54) is 0 Å². The number of aliphatic hydroxyl groups excluding tert-OH is 1. The highest BCUT2D eigenvalue weighted by Crippen LogP contribution is 2.22. The van der Waals surface area contributed by atoms with Gasteiger partial charge in [-0.05, 0) is 29.8 Å². The van der Waals surface area contributed by atoms with E-state index in [0.29, 0.717) is 5.69 Å². The van der Waals surface area contributed by atoms with Gasteiger partial charge in [0.15, 0.2) is 0 Å². The van der Waals surface area contributed by atoms with Gasteiger partial charge in [-0.15, -0.1) is 0 Å². The van der Waals surface area contributed by atoms with Crippen LogP contribution in [0.25, 0.3) is 0 Å². The number of aliphatic hydroxyl groups is 1. The molecule has 0 aliphatic heterocycles. The third kappa shape index (κ3) is 2.43. The summed E-state index contributed by atoms with van der Waals surface area (Å²) < 4.78 is 0.954. The molecule has 15 heavy (non-hydrogen) atoms. The lowest BCUT2D eigenvalue weighted by atomic mass is 10.1. The molecule has 0 bridgehead atoms. The Hall–Kier alpha value is -1.19. The first-order valence-electron chi connectivity index (χ1n) is 4.62. The summed E-state index contributed by atoms with van der Waals surface area (Å²) in [5.41, 5.74) is 1.50. The Morgan fingerprint density at radius 1 is 1.13 bits per heavy atom. The van der Waals surface area contributed by atoms with Crippen LogP contribution >= 0.6 is 15.9 Å². The van der Waals surface area contributed by atoms with Crippen LogP contribution in [-0.4, -0.2) is 10.1 Å². The molecule has 2 rings (SSSR count). The van der Waals surface area contributed by atoms with Crippen molar-refractivity contribution >= 4 is 15.9 Å². The number of benzene rings is 1. The van der Waals surface area contributed by atoms with E-state index in [4.69, 9.17) is 0 Å². The molecule has 0 saturated heterocycles. The normalized spacial score (nSPS) is 12.4. The highest BCUT2D eigenvalue weighted by atomic mass is 79.9. The van der Waals surface area contributed by atoms with Crippen LogP contribution in [0.1, 0.15) is 17.4 Å². The van der Waals surface area contributed by atoms with Crippen LogP contribution in [0.3, 0.4) is 0 Å². The Morgan fingerprint density at radius 3 is 2.67 bits per heavy atom. The van der Waals surface area contributed by atoms with Crippen LogP contribution in [0.15, 0.2) is 53.1 Å². The van der Waals surface area contributed by atoms with E-state index in [-0.39, 0.29) is 0 Å². The Balaban J connectivity index is 2.32. The molecular weight excluding hydrogens is 254 g/mol. The molecule has 0 spiro atoms. The first-order chi connectivity index (χ1) is 7.27. The smallest absolute Gasteiger partial charge is 0.121 e. The molecule has 1 N–H and O–H groups in total. The van der Waals surface area contributed by atoms with Crippen molar-refractivity contribution in [1.29, 1.82) is 0 Å². The topological polar surface area (TPSA) is 33.1 Å². The first kappa shape index (κ1) is 10.3. The van der Waals surface area contributed by atoms with E-state index in [1.54, 1.807) is 6.20 Å². The summed E-state index contributed by atoms with van der Waals surface area (Å²) in [6.45, 7) is 0. The van der Waals surface area contributed by atoms with Crippen molar-refractivity contribution in [1.82, 2.24) is 4.98 Å². The molecule has 0 aliphatic carbocycles. The van der Waals surface area contributed by atoms with Crippen LogP contribution in [0.2, 0.25) is 0 Å². The Bertz CT molecular complexity index is 444. The molecule has 3 heteroatoms. The molecule has 0 saturated carbocycles. The molecule has 0 aliphatic rings. The van der Waals surface area contributed by atoms with Gasteiger partial charge in [0.1, 0.15) is 6.10 Å². The van der Waals surface area contributed by atoms with Gasteiger partial charge in [-0.2, -0.15) is 0 Å². The first-order valence-corrected chi connectivity index (χ1v) is 5.41. The predicted octanol–water partition coefficient (Wildman–Crippen LogP) is 2.93. The molecule has 1 aromatic carbocycles. The van der Waals surface area contributed by atoms with Crippen LogP contribution in [0.4, 0.5) is 0 Å². The van der Waals surface area contributed by atoms with Crippen molar-refractivity contribution in [2.45, 2.75) is 6.10 Å². The van der Waals surface area contributed by atoms with Gasteiger partial charge >= 0.3 is 0 Å². The summed E-state index contributed by atoms with van der Waals surface area (Å²) in [4.78, 5) is 4.12. The summed E-state index contributed by atoms with van der Waals surface area (Å²) in [5.74, 6) is 0.